The van der Waals surface area contributed by atoms with Crippen LogP contribution in [-0.2, 0) is 0 Å². The van der Waals surface area contributed by atoms with Crippen molar-refractivity contribution in [2.45, 2.75) is 0 Å². The van der Waals surface area contributed by atoms with Crippen molar-refractivity contribution in [2.24, 2.45) is 0 Å². The van der Waals surface area contributed by atoms with Gasteiger partial charge in [-0.1, -0.05) is 170 Å². The standard InChI is InChI=1S/C49H31N/c1-2-14-35(15-3-1)46-31-44(49-39-17-7-6-13-33(39)28-29-45(49)50-46)34-23-25-36(26-24-34)47-40-18-8-10-20-42(40)48(43-21-11-9-19-41(43)47)38-27-22-32-12-4-5-16-37(32)30-38/h1-31H. The van der Waals surface area contributed by atoms with Crippen molar-refractivity contribution < 1.29 is 0 Å². The van der Waals surface area contributed by atoms with E-state index in [1.165, 1.54) is 81.9 Å². The zero-order valence-corrected chi connectivity index (χ0v) is 27.3. The summed E-state index contributed by atoms with van der Waals surface area (Å²) in [6, 6.07) is 68.2. The van der Waals surface area contributed by atoms with Gasteiger partial charge in [-0.05, 0) is 94.7 Å². The fourth-order valence-corrected chi connectivity index (χ4v) is 7.90. The summed E-state index contributed by atoms with van der Waals surface area (Å²) in [5, 5.41) is 11.2. The maximum Gasteiger partial charge on any atom is 0.0722 e. The molecule has 50 heavy (non-hydrogen) atoms. The molecule has 1 aromatic heterocycles. The van der Waals surface area contributed by atoms with Crippen molar-refractivity contribution >= 4 is 54.0 Å². The molecule has 0 atom stereocenters. The largest absolute Gasteiger partial charge is 0.248 e. The molecule has 0 aliphatic rings. The minimum atomic E-state index is 0.980. The van der Waals surface area contributed by atoms with Crippen LogP contribution in [0.4, 0.5) is 0 Å². The molecule has 10 rings (SSSR count). The molecule has 10 aromatic rings. The van der Waals surface area contributed by atoms with Crippen molar-refractivity contribution in [3.63, 3.8) is 0 Å². The van der Waals surface area contributed by atoms with Crippen molar-refractivity contribution in [2.75, 3.05) is 0 Å². The second-order valence-corrected chi connectivity index (χ2v) is 13.1. The molecular weight excluding hydrogens is 603 g/mol. The molecule has 0 saturated heterocycles. The van der Waals surface area contributed by atoms with Gasteiger partial charge in [0.1, 0.15) is 0 Å². The Bertz CT molecular complexity index is 2850. The highest BCUT2D eigenvalue weighted by molar-refractivity contribution is 6.22. The van der Waals surface area contributed by atoms with E-state index in [9.17, 15) is 0 Å². The lowest BCUT2D eigenvalue weighted by molar-refractivity contribution is 1.40. The fourth-order valence-electron chi connectivity index (χ4n) is 7.90. The Morgan fingerprint density at radius 1 is 0.300 bits per heavy atom. The number of hydrogen-bond acceptors (Lipinski definition) is 1. The molecule has 1 heterocycles. The summed E-state index contributed by atoms with van der Waals surface area (Å²) < 4.78 is 0. The van der Waals surface area contributed by atoms with E-state index in [1.54, 1.807) is 0 Å². The van der Waals surface area contributed by atoms with Crippen LogP contribution >= 0.6 is 0 Å². The van der Waals surface area contributed by atoms with Gasteiger partial charge >= 0.3 is 0 Å². The average molecular weight is 634 g/mol. The number of aromatic nitrogens is 1. The first-order chi connectivity index (χ1) is 24.8. The van der Waals surface area contributed by atoms with Gasteiger partial charge in [0.15, 0.2) is 0 Å². The Morgan fingerprint density at radius 2 is 0.800 bits per heavy atom. The summed E-state index contributed by atoms with van der Waals surface area (Å²) in [5.41, 5.74) is 10.5. The van der Waals surface area contributed by atoms with Crippen molar-refractivity contribution in [1.82, 2.24) is 4.98 Å². The van der Waals surface area contributed by atoms with Gasteiger partial charge in [0, 0.05) is 10.9 Å². The predicted octanol–water partition coefficient (Wildman–Crippen LogP) is 13.5. The van der Waals surface area contributed by atoms with Gasteiger partial charge in [-0.3, -0.25) is 0 Å². The molecule has 0 aliphatic carbocycles. The van der Waals surface area contributed by atoms with E-state index in [0.717, 1.165) is 16.8 Å². The van der Waals surface area contributed by atoms with Crippen LogP contribution in [0.5, 0.6) is 0 Å². The molecule has 0 aliphatic heterocycles. The summed E-state index contributed by atoms with van der Waals surface area (Å²) in [6.07, 6.45) is 0. The highest BCUT2D eigenvalue weighted by Gasteiger charge is 2.18. The van der Waals surface area contributed by atoms with Crippen LogP contribution in [0.3, 0.4) is 0 Å². The van der Waals surface area contributed by atoms with Crippen molar-refractivity contribution in [3.8, 4) is 44.6 Å². The van der Waals surface area contributed by atoms with Gasteiger partial charge in [0.25, 0.3) is 0 Å². The SMILES string of the molecule is c1ccc(-c2cc(-c3ccc(-c4c5ccccc5c(-c5ccc6ccccc6c5)c5ccccc45)cc3)c3c(ccc4ccccc43)n2)cc1. The van der Waals surface area contributed by atoms with Crippen LogP contribution in [0.15, 0.2) is 188 Å². The molecule has 0 radical (unpaired) electrons. The van der Waals surface area contributed by atoms with Crippen LogP contribution in [0, 0.1) is 0 Å². The summed E-state index contributed by atoms with van der Waals surface area (Å²) >= 11 is 0. The lowest BCUT2D eigenvalue weighted by Gasteiger charge is -2.18. The second kappa shape index (κ2) is 11.5. The minimum absolute atomic E-state index is 0.980. The van der Waals surface area contributed by atoms with E-state index >= 15 is 0 Å². The first kappa shape index (κ1) is 28.4. The lowest BCUT2D eigenvalue weighted by Crippen LogP contribution is -1.92. The van der Waals surface area contributed by atoms with E-state index in [4.69, 9.17) is 4.98 Å². The van der Waals surface area contributed by atoms with Crippen LogP contribution in [0.25, 0.3) is 98.6 Å². The van der Waals surface area contributed by atoms with Gasteiger partial charge in [0.2, 0.25) is 0 Å². The Balaban J connectivity index is 1.19. The molecule has 0 fully saturated rings. The van der Waals surface area contributed by atoms with Crippen LogP contribution in [0.2, 0.25) is 0 Å². The molecule has 232 valence electrons. The van der Waals surface area contributed by atoms with Gasteiger partial charge in [-0.25, -0.2) is 4.98 Å². The quantitative estimate of drug-likeness (QED) is 0.139. The van der Waals surface area contributed by atoms with Gasteiger partial charge in [-0.15, -0.1) is 0 Å². The molecule has 1 nitrogen and oxygen atoms in total. The molecule has 0 saturated carbocycles. The maximum absolute atomic E-state index is 5.17. The van der Waals surface area contributed by atoms with Crippen LogP contribution in [-0.4, -0.2) is 4.98 Å². The first-order valence-electron chi connectivity index (χ1n) is 17.2. The van der Waals surface area contributed by atoms with E-state index < -0.39 is 0 Å². The molecule has 0 unspecified atom stereocenters. The Hall–Kier alpha value is -6.57. The fraction of sp³-hybridized carbons (Fsp3) is 0. The third-order valence-electron chi connectivity index (χ3n) is 10.2. The van der Waals surface area contributed by atoms with Crippen LogP contribution < -0.4 is 0 Å². The van der Waals surface area contributed by atoms with Gasteiger partial charge in [0.05, 0.1) is 11.2 Å². The monoisotopic (exact) mass is 633 g/mol. The summed E-state index contributed by atoms with van der Waals surface area (Å²) in [7, 11) is 0. The Morgan fingerprint density at radius 3 is 1.48 bits per heavy atom. The van der Waals surface area contributed by atoms with Crippen molar-refractivity contribution in [3.05, 3.63) is 188 Å². The summed E-state index contributed by atoms with van der Waals surface area (Å²) in [4.78, 5) is 5.17. The third-order valence-corrected chi connectivity index (χ3v) is 10.2. The van der Waals surface area contributed by atoms with Gasteiger partial charge in [-0.2, -0.15) is 0 Å². The smallest absolute Gasteiger partial charge is 0.0722 e. The normalized spacial score (nSPS) is 11.6. The predicted molar refractivity (Wildman–Crippen MR) is 214 cm³/mol. The molecule has 0 bridgehead atoms. The molecule has 9 aromatic carbocycles. The third kappa shape index (κ3) is 4.59. The minimum Gasteiger partial charge on any atom is -0.248 e. The van der Waals surface area contributed by atoms with Crippen molar-refractivity contribution in [1.29, 1.82) is 0 Å². The zero-order chi connectivity index (χ0) is 33.0. The topological polar surface area (TPSA) is 12.9 Å². The summed E-state index contributed by atoms with van der Waals surface area (Å²) in [6.45, 7) is 0. The average Bonchev–Trinajstić information content (AvgIpc) is 3.19. The lowest BCUT2D eigenvalue weighted by atomic mass is 9.85. The van der Waals surface area contributed by atoms with E-state index in [0.29, 0.717) is 0 Å². The number of fused-ring (bicyclic) bond motifs is 6. The molecule has 0 N–H and O–H groups in total. The number of rotatable bonds is 4. The zero-order valence-electron chi connectivity index (χ0n) is 27.3. The Kier molecular flexibility index (Phi) is 6.57. The number of benzene rings is 9. The molecule has 1 heteroatoms. The van der Waals surface area contributed by atoms with E-state index in [1.807, 2.05) is 0 Å². The molecular formula is C49H31N. The first-order valence-corrected chi connectivity index (χ1v) is 17.2. The molecule has 0 amide bonds. The number of pyridine rings is 1. The van der Waals surface area contributed by atoms with Crippen LogP contribution in [0.1, 0.15) is 0 Å². The van der Waals surface area contributed by atoms with E-state index in [2.05, 4.69) is 188 Å². The van der Waals surface area contributed by atoms with Gasteiger partial charge < -0.3 is 0 Å². The highest BCUT2D eigenvalue weighted by atomic mass is 14.7. The number of nitrogens with zero attached hydrogens (tertiary/aromatic N) is 1. The summed E-state index contributed by atoms with van der Waals surface area (Å²) in [5.74, 6) is 0. The second-order valence-electron chi connectivity index (χ2n) is 13.1. The Labute approximate surface area is 290 Å². The highest BCUT2D eigenvalue weighted by Crippen LogP contribution is 2.45. The number of hydrogen-bond donors (Lipinski definition) is 0. The van der Waals surface area contributed by atoms with E-state index in [-0.39, 0.29) is 0 Å². The maximum atomic E-state index is 5.17. The molecule has 0 spiro atoms.